The lowest BCUT2D eigenvalue weighted by Gasteiger charge is -2.28. The molecular formula is C32H31ClN6O2. The minimum atomic E-state index is -0.0720. The number of aromatic nitrogens is 3. The van der Waals surface area contributed by atoms with Gasteiger partial charge in [0.1, 0.15) is 5.82 Å². The highest BCUT2D eigenvalue weighted by Gasteiger charge is 2.46. The summed E-state index contributed by atoms with van der Waals surface area (Å²) < 4.78 is 2.10. The summed E-state index contributed by atoms with van der Waals surface area (Å²) in [5.74, 6) is 1.63. The molecule has 208 valence electrons. The smallest absolute Gasteiger partial charge is 0.230 e. The van der Waals surface area contributed by atoms with Gasteiger partial charge in [-0.2, -0.15) is 0 Å². The van der Waals surface area contributed by atoms with Gasteiger partial charge in [-0.3, -0.25) is 9.59 Å². The van der Waals surface area contributed by atoms with Crippen LogP contribution in [0.15, 0.2) is 61.1 Å². The molecule has 2 amide bonds. The summed E-state index contributed by atoms with van der Waals surface area (Å²) in [6, 6.07) is 14.0. The molecule has 1 saturated heterocycles. The van der Waals surface area contributed by atoms with Crippen molar-refractivity contribution in [1.29, 1.82) is 0 Å². The van der Waals surface area contributed by atoms with E-state index in [0.717, 1.165) is 54.0 Å². The molecule has 4 fully saturated rings. The van der Waals surface area contributed by atoms with Crippen molar-refractivity contribution in [2.75, 3.05) is 15.5 Å². The van der Waals surface area contributed by atoms with Crippen LogP contribution >= 0.6 is 11.6 Å². The number of rotatable bonds is 8. The normalized spacial score (nSPS) is 24.7. The highest BCUT2D eigenvalue weighted by molar-refractivity contribution is 6.30. The van der Waals surface area contributed by atoms with E-state index < -0.39 is 0 Å². The van der Waals surface area contributed by atoms with E-state index in [1.54, 1.807) is 6.20 Å². The van der Waals surface area contributed by atoms with Gasteiger partial charge in [0.15, 0.2) is 5.65 Å². The molecule has 9 heteroatoms. The molecule has 2 bridgehead atoms. The maximum absolute atomic E-state index is 13.1. The first kappa shape index (κ1) is 24.9. The number of carbonyl (C=O) groups excluding carboxylic acids is 2. The summed E-state index contributed by atoms with van der Waals surface area (Å²) in [7, 11) is 0. The molecular weight excluding hydrogens is 536 g/mol. The molecule has 4 aliphatic rings. The van der Waals surface area contributed by atoms with E-state index in [4.69, 9.17) is 16.6 Å². The third-order valence-corrected chi connectivity index (χ3v) is 9.39. The lowest BCUT2D eigenvalue weighted by atomic mass is 10.1. The number of anilines is 3. The van der Waals surface area contributed by atoms with Crippen LogP contribution in [0.2, 0.25) is 5.02 Å². The molecule has 1 aromatic carbocycles. The number of hydrogen-bond acceptors (Lipinski definition) is 5. The lowest BCUT2D eigenvalue weighted by Crippen LogP contribution is -2.37. The molecule has 4 aromatic rings. The minimum Gasteiger partial charge on any atom is -0.379 e. The fraction of sp³-hybridized carbons (Fsp3) is 0.375. The standard InChI is InChI=1S/C32H31ClN6O2/c33-22-3-1-2-19(10-22)26-14-27(26)31(40)37-29-13-23(8-9-34-29)35-15-24-17-38-16-21(18-4-5-18)12-28(30(38)36-24)39-25-7-6-20(11-25)32(39)41/h1-3,8-10,12-13,16-18,20,25-27H,4-7,11,14-15H2,(H2,34,35,37,40)/t20-,25+,26-,27+/m1/s1. The summed E-state index contributed by atoms with van der Waals surface area (Å²) in [6.07, 6.45) is 12.2. The van der Waals surface area contributed by atoms with Gasteiger partial charge in [-0.15, -0.1) is 0 Å². The van der Waals surface area contributed by atoms with E-state index in [2.05, 4.69) is 38.5 Å². The second-order valence-corrected chi connectivity index (χ2v) is 12.5. The van der Waals surface area contributed by atoms with Crippen molar-refractivity contribution in [3.63, 3.8) is 0 Å². The zero-order valence-corrected chi connectivity index (χ0v) is 23.3. The third kappa shape index (κ3) is 4.64. The maximum Gasteiger partial charge on any atom is 0.230 e. The lowest BCUT2D eigenvalue weighted by molar-refractivity contribution is -0.121. The van der Waals surface area contributed by atoms with Crippen LogP contribution in [0, 0.1) is 11.8 Å². The van der Waals surface area contributed by atoms with Crippen LogP contribution in [0.5, 0.6) is 0 Å². The number of fused-ring (bicyclic) bond motifs is 3. The first-order valence-electron chi connectivity index (χ1n) is 14.6. The number of nitrogens with one attached hydrogen (secondary N) is 2. The monoisotopic (exact) mass is 566 g/mol. The average molecular weight is 567 g/mol. The zero-order valence-electron chi connectivity index (χ0n) is 22.6. The number of imidazole rings is 1. The fourth-order valence-corrected chi connectivity index (χ4v) is 6.97. The molecule has 3 aromatic heterocycles. The van der Waals surface area contributed by atoms with E-state index in [9.17, 15) is 9.59 Å². The van der Waals surface area contributed by atoms with Crippen LogP contribution in [-0.2, 0) is 16.1 Å². The van der Waals surface area contributed by atoms with Crippen molar-refractivity contribution in [2.24, 2.45) is 11.8 Å². The van der Waals surface area contributed by atoms with E-state index in [1.165, 1.54) is 18.4 Å². The van der Waals surface area contributed by atoms with Crippen molar-refractivity contribution >= 4 is 46.3 Å². The third-order valence-electron chi connectivity index (χ3n) is 9.16. The summed E-state index contributed by atoms with van der Waals surface area (Å²) in [5, 5.41) is 7.10. The summed E-state index contributed by atoms with van der Waals surface area (Å²) >= 11 is 6.13. The van der Waals surface area contributed by atoms with Crippen molar-refractivity contribution in [3.05, 3.63) is 82.9 Å². The maximum atomic E-state index is 13.1. The van der Waals surface area contributed by atoms with Crippen molar-refractivity contribution in [2.45, 2.75) is 62.9 Å². The van der Waals surface area contributed by atoms with Gasteiger partial charge in [0.05, 0.1) is 17.9 Å². The van der Waals surface area contributed by atoms with Crippen LogP contribution in [0.3, 0.4) is 0 Å². The van der Waals surface area contributed by atoms with Gasteiger partial charge in [0.2, 0.25) is 11.8 Å². The quantitative estimate of drug-likeness (QED) is 0.268. The number of benzene rings is 1. The topological polar surface area (TPSA) is 91.6 Å². The first-order chi connectivity index (χ1) is 20.0. The Labute approximate surface area is 243 Å². The van der Waals surface area contributed by atoms with E-state index in [1.807, 2.05) is 41.3 Å². The van der Waals surface area contributed by atoms with Gasteiger partial charge < -0.3 is 19.9 Å². The Morgan fingerprint density at radius 3 is 2.68 bits per heavy atom. The van der Waals surface area contributed by atoms with Gasteiger partial charge in [0, 0.05) is 53.2 Å². The van der Waals surface area contributed by atoms with Crippen molar-refractivity contribution in [3.8, 4) is 0 Å². The molecule has 0 radical (unpaired) electrons. The number of nitrogens with zero attached hydrogens (tertiary/aromatic N) is 4. The largest absolute Gasteiger partial charge is 0.379 e. The molecule has 2 N–H and O–H groups in total. The van der Waals surface area contributed by atoms with Crippen LogP contribution in [0.4, 0.5) is 17.2 Å². The Kier molecular flexibility index (Phi) is 5.81. The van der Waals surface area contributed by atoms with E-state index in [0.29, 0.717) is 29.3 Å². The number of pyridine rings is 2. The second kappa shape index (κ2) is 9.58. The fourth-order valence-electron chi connectivity index (χ4n) is 6.77. The molecule has 0 unspecified atom stereocenters. The Hall–Kier alpha value is -3.91. The van der Waals surface area contributed by atoms with Crippen LogP contribution in [0.25, 0.3) is 5.65 Å². The van der Waals surface area contributed by atoms with Crippen LogP contribution in [0.1, 0.15) is 67.2 Å². The molecule has 4 atom stereocenters. The zero-order chi connectivity index (χ0) is 27.7. The van der Waals surface area contributed by atoms with Gasteiger partial charge in [-0.25, -0.2) is 9.97 Å². The highest BCUT2D eigenvalue weighted by atomic mass is 35.5. The van der Waals surface area contributed by atoms with Gasteiger partial charge in [-0.05, 0) is 85.8 Å². The Morgan fingerprint density at radius 1 is 1.00 bits per heavy atom. The number of piperidine rings is 1. The molecule has 8 rings (SSSR count). The van der Waals surface area contributed by atoms with Gasteiger partial charge in [0.25, 0.3) is 0 Å². The Morgan fingerprint density at radius 2 is 1.88 bits per heavy atom. The molecule has 3 aliphatic carbocycles. The summed E-state index contributed by atoms with van der Waals surface area (Å²) in [4.78, 5) is 37.4. The average Bonchev–Trinajstić information content (AvgIpc) is 3.86. The number of carbonyl (C=O) groups is 2. The number of halogens is 1. The molecule has 0 spiro atoms. The van der Waals surface area contributed by atoms with Crippen LogP contribution < -0.4 is 15.5 Å². The Balaban J connectivity index is 0.972. The number of hydrogen-bond donors (Lipinski definition) is 2. The second-order valence-electron chi connectivity index (χ2n) is 12.0. The van der Waals surface area contributed by atoms with Crippen molar-refractivity contribution < 1.29 is 9.59 Å². The predicted octanol–water partition coefficient (Wildman–Crippen LogP) is 6.13. The Bertz CT molecular complexity index is 1700. The van der Waals surface area contributed by atoms with E-state index in [-0.39, 0.29) is 29.6 Å². The van der Waals surface area contributed by atoms with Gasteiger partial charge >= 0.3 is 0 Å². The van der Waals surface area contributed by atoms with E-state index >= 15 is 0 Å². The predicted molar refractivity (Wildman–Crippen MR) is 158 cm³/mol. The minimum absolute atomic E-state index is 0.0239. The highest BCUT2D eigenvalue weighted by Crippen LogP contribution is 2.48. The molecule has 1 aliphatic heterocycles. The molecule has 4 heterocycles. The molecule has 3 saturated carbocycles. The summed E-state index contributed by atoms with van der Waals surface area (Å²) in [5.41, 5.74) is 5.93. The van der Waals surface area contributed by atoms with Crippen LogP contribution in [-0.4, -0.2) is 32.2 Å². The molecule has 8 nitrogen and oxygen atoms in total. The SMILES string of the molecule is O=C(Nc1cc(NCc2cn3cc(C4CC4)cc(N4C(=O)[C@@H]5CC[C@H]4C5)c3n2)ccn1)[C@H]1C[C@@H]1c1cccc(Cl)c1. The molecule has 41 heavy (non-hydrogen) atoms. The number of amides is 2. The van der Waals surface area contributed by atoms with Crippen molar-refractivity contribution in [1.82, 2.24) is 14.4 Å². The van der Waals surface area contributed by atoms with Gasteiger partial charge in [-0.1, -0.05) is 23.7 Å². The first-order valence-corrected chi connectivity index (χ1v) is 15.0. The summed E-state index contributed by atoms with van der Waals surface area (Å²) in [6.45, 7) is 0.511.